The van der Waals surface area contributed by atoms with E-state index in [0.29, 0.717) is 37.4 Å². The summed E-state index contributed by atoms with van der Waals surface area (Å²) in [5.41, 5.74) is 0.613. The number of oxazole rings is 1. The van der Waals surface area contributed by atoms with Gasteiger partial charge in [0.05, 0.1) is 11.8 Å². The van der Waals surface area contributed by atoms with E-state index in [1.807, 2.05) is 6.26 Å². The number of hydrogen-bond donors (Lipinski definition) is 0. The minimum atomic E-state index is -0.340. The van der Waals surface area contributed by atoms with Crippen LogP contribution in [0.1, 0.15) is 29.1 Å². The maximum atomic E-state index is 12.2. The van der Waals surface area contributed by atoms with Gasteiger partial charge in [-0.15, -0.1) is 11.8 Å². The van der Waals surface area contributed by atoms with Gasteiger partial charge in [-0.2, -0.15) is 5.26 Å². The molecule has 0 saturated carbocycles. The Labute approximate surface area is 110 Å². The van der Waals surface area contributed by atoms with Crippen LogP contribution in [0.3, 0.4) is 0 Å². The smallest absolute Gasteiger partial charge is 0.291 e. The van der Waals surface area contributed by atoms with Gasteiger partial charge in [0, 0.05) is 13.1 Å². The van der Waals surface area contributed by atoms with Crippen LogP contribution < -0.4 is 0 Å². The number of nitriles is 1. The Bertz CT molecular complexity index is 484. The van der Waals surface area contributed by atoms with E-state index in [9.17, 15) is 10.1 Å². The van der Waals surface area contributed by atoms with E-state index in [1.165, 1.54) is 6.39 Å². The molecule has 2 heterocycles. The summed E-state index contributed by atoms with van der Waals surface area (Å²) >= 11 is 1.57. The lowest BCUT2D eigenvalue weighted by atomic mass is 9.97. The van der Waals surface area contributed by atoms with E-state index in [4.69, 9.17) is 4.42 Å². The van der Waals surface area contributed by atoms with Gasteiger partial charge in [0.25, 0.3) is 5.91 Å². The van der Waals surface area contributed by atoms with Gasteiger partial charge in [-0.3, -0.25) is 4.79 Å². The minimum Gasteiger partial charge on any atom is -0.438 e. The predicted molar refractivity (Wildman–Crippen MR) is 68.2 cm³/mol. The van der Waals surface area contributed by atoms with Gasteiger partial charge in [0.2, 0.25) is 5.76 Å². The fraction of sp³-hybridized carbons (Fsp3) is 0.583. The van der Waals surface area contributed by atoms with Crippen LogP contribution in [0.25, 0.3) is 0 Å². The molecule has 5 nitrogen and oxygen atoms in total. The van der Waals surface area contributed by atoms with Gasteiger partial charge in [0.15, 0.2) is 6.39 Å². The minimum absolute atomic E-state index is 0.127. The first-order chi connectivity index (χ1) is 8.62. The Hall–Kier alpha value is -1.48. The van der Waals surface area contributed by atoms with Crippen molar-refractivity contribution in [3.8, 4) is 6.07 Å². The normalized spacial score (nSPS) is 18.4. The maximum absolute atomic E-state index is 12.2. The van der Waals surface area contributed by atoms with Crippen LogP contribution in [0.4, 0.5) is 0 Å². The van der Waals surface area contributed by atoms with Crippen molar-refractivity contribution in [2.24, 2.45) is 0 Å². The topological polar surface area (TPSA) is 70.1 Å². The summed E-state index contributed by atoms with van der Waals surface area (Å²) < 4.78 is 4.77. The average Bonchev–Trinajstić information content (AvgIpc) is 2.84. The zero-order chi connectivity index (χ0) is 13.2. The van der Waals surface area contributed by atoms with Crippen LogP contribution >= 0.6 is 11.8 Å². The third-order valence-corrected chi connectivity index (χ3v) is 4.67. The second-order valence-electron chi connectivity index (χ2n) is 4.37. The van der Waals surface area contributed by atoms with E-state index in [2.05, 4.69) is 11.1 Å². The van der Waals surface area contributed by atoms with Crippen molar-refractivity contribution >= 4 is 17.7 Å². The molecule has 0 aliphatic carbocycles. The highest BCUT2D eigenvalue weighted by Gasteiger charge is 2.36. The molecule has 0 aromatic carbocycles. The zero-order valence-electron chi connectivity index (χ0n) is 10.5. The molecule has 0 bridgehead atoms. The molecule has 0 unspecified atom stereocenters. The third-order valence-electron chi connectivity index (χ3n) is 3.39. The Kier molecular flexibility index (Phi) is 3.62. The Morgan fingerprint density at radius 2 is 2.28 bits per heavy atom. The number of nitrogens with zero attached hydrogens (tertiary/aromatic N) is 3. The maximum Gasteiger partial charge on any atom is 0.291 e. The molecule has 2 rings (SSSR count). The largest absolute Gasteiger partial charge is 0.438 e. The lowest BCUT2D eigenvalue weighted by Gasteiger charge is -2.35. The summed E-state index contributed by atoms with van der Waals surface area (Å²) in [7, 11) is 0. The number of hydrogen-bond acceptors (Lipinski definition) is 5. The molecule has 6 heteroatoms. The highest BCUT2D eigenvalue weighted by Crippen LogP contribution is 2.34. The molecular weight excluding hydrogens is 250 g/mol. The van der Waals surface area contributed by atoms with E-state index in [1.54, 1.807) is 23.6 Å². The van der Waals surface area contributed by atoms with E-state index >= 15 is 0 Å². The molecule has 1 amide bonds. The SMILES string of the molecule is CSC1(C#N)CCN(C(=O)c2ocnc2C)CC1. The Balaban J connectivity index is 2.05. The first-order valence-electron chi connectivity index (χ1n) is 5.77. The quantitative estimate of drug-likeness (QED) is 0.816. The van der Waals surface area contributed by atoms with Crippen LogP contribution in [0.2, 0.25) is 0 Å². The standard InChI is InChI=1S/C12H15N3O2S/c1-9-10(17-8-14-9)11(16)15-5-3-12(7-13,18-2)4-6-15/h8H,3-6H2,1-2H3. The molecule has 96 valence electrons. The molecule has 1 fully saturated rings. The van der Waals surface area contributed by atoms with Crippen LogP contribution in [0.5, 0.6) is 0 Å². The van der Waals surface area contributed by atoms with Crippen molar-refractivity contribution in [1.29, 1.82) is 5.26 Å². The second kappa shape index (κ2) is 5.02. The molecule has 18 heavy (non-hydrogen) atoms. The van der Waals surface area contributed by atoms with E-state index < -0.39 is 0 Å². The summed E-state index contributed by atoms with van der Waals surface area (Å²) in [6.07, 6.45) is 4.63. The first kappa shape index (κ1) is 13.0. The second-order valence-corrected chi connectivity index (χ2v) is 5.56. The zero-order valence-corrected chi connectivity index (χ0v) is 11.3. The van der Waals surface area contributed by atoms with E-state index in [0.717, 1.165) is 0 Å². The summed E-state index contributed by atoms with van der Waals surface area (Å²) in [5, 5.41) is 9.19. The van der Waals surface area contributed by atoms with Crippen molar-refractivity contribution in [3.63, 3.8) is 0 Å². The monoisotopic (exact) mass is 265 g/mol. The van der Waals surface area contributed by atoms with Gasteiger partial charge in [-0.1, -0.05) is 0 Å². The number of rotatable bonds is 2. The van der Waals surface area contributed by atoms with Crippen LogP contribution in [-0.4, -0.2) is 39.9 Å². The highest BCUT2D eigenvalue weighted by atomic mass is 32.2. The number of amides is 1. The molecule has 1 aliphatic rings. The van der Waals surface area contributed by atoms with E-state index in [-0.39, 0.29) is 10.7 Å². The highest BCUT2D eigenvalue weighted by molar-refractivity contribution is 8.00. The lowest BCUT2D eigenvalue weighted by Crippen LogP contribution is -2.44. The van der Waals surface area contributed by atoms with Gasteiger partial charge >= 0.3 is 0 Å². The van der Waals surface area contributed by atoms with Crippen molar-refractivity contribution in [2.75, 3.05) is 19.3 Å². The summed E-state index contributed by atoms with van der Waals surface area (Å²) in [4.78, 5) is 17.8. The van der Waals surface area contributed by atoms with Crippen molar-refractivity contribution in [2.45, 2.75) is 24.5 Å². The van der Waals surface area contributed by atoms with Gasteiger partial charge in [-0.25, -0.2) is 4.98 Å². The summed E-state index contributed by atoms with van der Waals surface area (Å²) in [6, 6.07) is 2.36. The Morgan fingerprint density at radius 1 is 1.61 bits per heavy atom. The molecule has 1 aliphatic heterocycles. The number of aryl methyl sites for hydroxylation is 1. The van der Waals surface area contributed by atoms with Crippen LogP contribution in [0, 0.1) is 18.3 Å². The van der Waals surface area contributed by atoms with Gasteiger partial charge in [0.1, 0.15) is 4.75 Å². The van der Waals surface area contributed by atoms with Crippen molar-refractivity contribution in [3.05, 3.63) is 17.8 Å². The molecule has 0 spiro atoms. The molecule has 0 atom stereocenters. The number of likely N-dealkylation sites (tertiary alicyclic amines) is 1. The molecule has 1 saturated heterocycles. The fourth-order valence-corrected chi connectivity index (χ4v) is 2.77. The number of aromatic nitrogens is 1. The van der Waals surface area contributed by atoms with Crippen LogP contribution in [0.15, 0.2) is 10.8 Å². The number of thioether (sulfide) groups is 1. The molecule has 0 N–H and O–H groups in total. The lowest BCUT2D eigenvalue weighted by molar-refractivity contribution is 0.0683. The number of carbonyl (C=O) groups excluding carboxylic acids is 1. The van der Waals surface area contributed by atoms with Crippen LogP contribution in [-0.2, 0) is 0 Å². The molecular formula is C12H15N3O2S. The molecule has 0 radical (unpaired) electrons. The number of carbonyl (C=O) groups is 1. The van der Waals surface area contributed by atoms with Gasteiger partial charge < -0.3 is 9.32 Å². The predicted octanol–water partition coefficient (Wildman–Crippen LogP) is 1.84. The van der Waals surface area contributed by atoms with Crippen molar-refractivity contribution < 1.29 is 9.21 Å². The summed E-state index contributed by atoms with van der Waals surface area (Å²) in [5.74, 6) is 0.182. The fourth-order valence-electron chi connectivity index (χ4n) is 2.08. The van der Waals surface area contributed by atoms with Gasteiger partial charge in [-0.05, 0) is 26.0 Å². The molecule has 1 aromatic rings. The third kappa shape index (κ3) is 2.23. The first-order valence-corrected chi connectivity index (χ1v) is 7.00. The summed E-state index contributed by atoms with van der Waals surface area (Å²) in [6.45, 7) is 2.93. The average molecular weight is 265 g/mol. The molecule has 1 aromatic heterocycles. The Morgan fingerprint density at radius 3 is 2.72 bits per heavy atom. The van der Waals surface area contributed by atoms with Crippen molar-refractivity contribution in [1.82, 2.24) is 9.88 Å². The number of piperidine rings is 1.